The van der Waals surface area contributed by atoms with E-state index in [4.69, 9.17) is 9.15 Å². The number of halogens is 1. The van der Waals surface area contributed by atoms with Crippen LogP contribution in [0.1, 0.15) is 12.8 Å². The molecule has 1 aromatic carbocycles. The Morgan fingerprint density at radius 1 is 1.12 bits per heavy atom. The van der Waals surface area contributed by atoms with Crippen molar-refractivity contribution in [2.24, 2.45) is 0 Å². The van der Waals surface area contributed by atoms with Crippen LogP contribution in [0.25, 0.3) is 11.1 Å². The van der Waals surface area contributed by atoms with Crippen molar-refractivity contribution >= 4 is 16.9 Å². The number of piperazine rings is 1. The Kier molecular flexibility index (Phi) is 4.71. The molecule has 0 saturated carbocycles. The van der Waals surface area contributed by atoms with Gasteiger partial charge in [0.1, 0.15) is 17.2 Å². The van der Waals surface area contributed by atoms with Crippen LogP contribution in [0.4, 0.5) is 10.2 Å². The predicted molar refractivity (Wildman–Crippen MR) is 96.9 cm³/mol. The van der Waals surface area contributed by atoms with E-state index in [2.05, 4.69) is 19.8 Å². The summed E-state index contributed by atoms with van der Waals surface area (Å²) in [5, 5.41) is 0. The number of hydrogen-bond donors (Lipinski definition) is 0. The van der Waals surface area contributed by atoms with Crippen molar-refractivity contribution in [2.45, 2.75) is 13.5 Å². The van der Waals surface area contributed by atoms with Crippen LogP contribution in [-0.4, -0.2) is 47.7 Å². The number of aromatic nitrogens is 2. The van der Waals surface area contributed by atoms with Crippen LogP contribution in [0.15, 0.2) is 40.8 Å². The summed E-state index contributed by atoms with van der Waals surface area (Å²) in [7, 11) is 0. The lowest BCUT2D eigenvalue weighted by atomic mass is 10.3. The highest BCUT2D eigenvalue weighted by Crippen LogP contribution is 2.20. The number of fused-ring (bicyclic) bond motifs is 1. The van der Waals surface area contributed by atoms with Crippen molar-refractivity contribution in [3.63, 3.8) is 0 Å². The van der Waals surface area contributed by atoms with Crippen molar-refractivity contribution in [1.29, 1.82) is 0 Å². The minimum atomic E-state index is -0.298. The summed E-state index contributed by atoms with van der Waals surface area (Å²) in [6.45, 7) is 6.69. The van der Waals surface area contributed by atoms with Crippen LogP contribution in [-0.2, 0) is 6.54 Å². The van der Waals surface area contributed by atoms with Gasteiger partial charge in [0.2, 0.25) is 11.8 Å². The van der Waals surface area contributed by atoms with E-state index >= 15 is 0 Å². The normalized spacial score (nSPS) is 15.5. The highest BCUT2D eigenvalue weighted by atomic mass is 19.1. The molecule has 0 radical (unpaired) electrons. The van der Waals surface area contributed by atoms with Crippen LogP contribution in [0.2, 0.25) is 0 Å². The van der Waals surface area contributed by atoms with Gasteiger partial charge in [-0.15, -0.1) is 0 Å². The van der Waals surface area contributed by atoms with Gasteiger partial charge in [-0.05, 0) is 25.1 Å². The molecule has 2 aromatic heterocycles. The monoisotopic (exact) mass is 356 g/mol. The maximum atomic E-state index is 13.3. The standard InChI is InChI=1S/C19H21FN4O2/c1-2-25-18-5-3-4-17(22-18)24-10-8-23(9-11-24)13-19-21-15-12-14(20)6-7-16(15)26-19/h3-7,12H,2,8-11,13H2,1H3. The Labute approximate surface area is 151 Å². The Balaban J connectivity index is 1.37. The maximum Gasteiger partial charge on any atom is 0.215 e. The molecule has 0 unspecified atom stereocenters. The summed E-state index contributed by atoms with van der Waals surface area (Å²) in [4.78, 5) is 13.5. The van der Waals surface area contributed by atoms with Crippen molar-refractivity contribution in [3.8, 4) is 5.88 Å². The Bertz CT molecular complexity index is 890. The van der Waals surface area contributed by atoms with Crippen LogP contribution in [0.3, 0.4) is 0 Å². The third kappa shape index (κ3) is 3.62. The van der Waals surface area contributed by atoms with E-state index in [1.54, 1.807) is 6.07 Å². The van der Waals surface area contributed by atoms with Gasteiger partial charge in [-0.25, -0.2) is 9.37 Å². The number of benzene rings is 1. The Morgan fingerprint density at radius 3 is 2.77 bits per heavy atom. The molecule has 1 aliphatic rings. The first-order valence-corrected chi connectivity index (χ1v) is 8.83. The van der Waals surface area contributed by atoms with Gasteiger partial charge in [-0.1, -0.05) is 6.07 Å². The zero-order chi connectivity index (χ0) is 17.9. The number of anilines is 1. The minimum Gasteiger partial charge on any atom is -0.478 e. The molecule has 3 heterocycles. The Hall–Kier alpha value is -2.67. The van der Waals surface area contributed by atoms with Crippen LogP contribution in [0.5, 0.6) is 5.88 Å². The van der Waals surface area contributed by atoms with Gasteiger partial charge < -0.3 is 14.1 Å². The molecule has 136 valence electrons. The minimum absolute atomic E-state index is 0.298. The van der Waals surface area contributed by atoms with Crippen LogP contribution in [0, 0.1) is 5.82 Å². The molecule has 6 nitrogen and oxygen atoms in total. The predicted octanol–water partition coefficient (Wildman–Crippen LogP) is 3.08. The van der Waals surface area contributed by atoms with Crippen LogP contribution >= 0.6 is 0 Å². The molecule has 1 saturated heterocycles. The van der Waals surface area contributed by atoms with Gasteiger partial charge >= 0.3 is 0 Å². The second-order valence-electron chi connectivity index (χ2n) is 6.25. The molecule has 0 bridgehead atoms. The second-order valence-corrected chi connectivity index (χ2v) is 6.25. The maximum absolute atomic E-state index is 13.3. The van der Waals surface area contributed by atoms with E-state index in [-0.39, 0.29) is 5.82 Å². The number of hydrogen-bond acceptors (Lipinski definition) is 6. The van der Waals surface area contributed by atoms with Gasteiger partial charge in [0, 0.05) is 38.3 Å². The highest BCUT2D eigenvalue weighted by Gasteiger charge is 2.20. The SMILES string of the molecule is CCOc1cccc(N2CCN(Cc3nc4cc(F)ccc4o3)CC2)n1. The van der Waals surface area contributed by atoms with Gasteiger partial charge in [0.25, 0.3) is 0 Å². The topological polar surface area (TPSA) is 54.6 Å². The quantitative estimate of drug-likeness (QED) is 0.700. The van der Waals surface area contributed by atoms with Gasteiger partial charge in [-0.2, -0.15) is 4.98 Å². The van der Waals surface area contributed by atoms with E-state index in [0.29, 0.717) is 36.0 Å². The molecular weight excluding hydrogens is 335 g/mol. The summed E-state index contributed by atoms with van der Waals surface area (Å²) in [6.07, 6.45) is 0. The molecule has 4 rings (SSSR count). The molecule has 7 heteroatoms. The number of nitrogens with zero attached hydrogens (tertiary/aromatic N) is 4. The lowest BCUT2D eigenvalue weighted by molar-refractivity contribution is 0.228. The van der Waals surface area contributed by atoms with Gasteiger partial charge in [0.05, 0.1) is 13.2 Å². The van der Waals surface area contributed by atoms with Crippen molar-refractivity contribution < 1.29 is 13.5 Å². The summed E-state index contributed by atoms with van der Waals surface area (Å²) in [5.41, 5.74) is 1.19. The first kappa shape index (κ1) is 16.8. The molecule has 1 fully saturated rings. The van der Waals surface area contributed by atoms with E-state index in [9.17, 15) is 4.39 Å². The van der Waals surface area contributed by atoms with E-state index in [1.165, 1.54) is 12.1 Å². The zero-order valence-corrected chi connectivity index (χ0v) is 14.7. The summed E-state index contributed by atoms with van der Waals surface area (Å²) >= 11 is 0. The summed E-state index contributed by atoms with van der Waals surface area (Å²) in [6, 6.07) is 10.3. The summed E-state index contributed by atoms with van der Waals surface area (Å²) < 4.78 is 24.5. The average molecular weight is 356 g/mol. The number of ether oxygens (including phenoxy) is 1. The first-order chi connectivity index (χ1) is 12.7. The molecule has 26 heavy (non-hydrogen) atoms. The first-order valence-electron chi connectivity index (χ1n) is 8.83. The van der Waals surface area contributed by atoms with Crippen LogP contribution < -0.4 is 9.64 Å². The largest absolute Gasteiger partial charge is 0.478 e. The average Bonchev–Trinajstić information content (AvgIpc) is 3.04. The van der Waals surface area contributed by atoms with E-state index in [1.807, 2.05) is 25.1 Å². The molecule has 0 atom stereocenters. The van der Waals surface area contributed by atoms with E-state index < -0.39 is 0 Å². The fourth-order valence-electron chi connectivity index (χ4n) is 3.15. The number of oxazole rings is 1. The highest BCUT2D eigenvalue weighted by molar-refractivity contribution is 5.72. The zero-order valence-electron chi connectivity index (χ0n) is 14.7. The third-order valence-electron chi connectivity index (χ3n) is 4.45. The molecule has 0 spiro atoms. The van der Waals surface area contributed by atoms with Crippen molar-refractivity contribution in [2.75, 3.05) is 37.7 Å². The van der Waals surface area contributed by atoms with Crippen molar-refractivity contribution in [3.05, 3.63) is 48.1 Å². The second kappa shape index (κ2) is 7.29. The van der Waals surface area contributed by atoms with Crippen molar-refractivity contribution in [1.82, 2.24) is 14.9 Å². The molecular formula is C19H21FN4O2. The molecule has 3 aromatic rings. The van der Waals surface area contributed by atoms with Gasteiger partial charge in [0.15, 0.2) is 5.58 Å². The lowest BCUT2D eigenvalue weighted by Crippen LogP contribution is -2.46. The van der Waals surface area contributed by atoms with Gasteiger partial charge in [-0.3, -0.25) is 4.90 Å². The summed E-state index contributed by atoms with van der Waals surface area (Å²) in [5.74, 6) is 1.92. The molecule has 0 amide bonds. The molecule has 0 N–H and O–H groups in total. The molecule has 1 aliphatic heterocycles. The Morgan fingerprint density at radius 2 is 1.96 bits per heavy atom. The number of pyridine rings is 1. The smallest absolute Gasteiger partial charge is 0.215 e. The fraction of sp³-hybridized carbons (Fsp3) is 0.368. The number of rotatable bonds is 5. The molecule has 0 aliphatic carbocycles. The van der Waals surface area contributed by atoms with E-state index in [0.717, 1.165) is 32.0 Å². The lowest BCUT2D eigenvalue weighted by Gasteiger charge is -2.34. The fourth-order valence-corrected chi connectivity index (χ4v) is 3.15. The third-order valence-corrected chi connectivity index (χ3v) is 4.45.